The van der Waals surface area contributed by atoms with Gasteiger partial charge in [0.05, 0.1) is 11.7 Å². The fourth-order valence-electron chi connectivity index (χ4n) is 2.55. The Bertz CT molecular complexity index is 703. The molecule has 0 saturated carbocycles. The predicted octanol–water partition coefficient (Wildman–Crippen LogP) is 3.60. The van der Waals surface area contributed by atoms with Gasteiger partial charge in [-0.2, -0.15) is 0 Å². The molecule has 0 amide bonds. The zero-order valence-corrected chi connectivity index (χ0v) is 12.4. The van der Waals surface area contributed by atoms with Crippen LogP contribution in [-0.4, -0.2) is 19.8 Å². The molecule has 0 radical (unpaired) electrons. The normalized spacial score (nSPS) is 17.5. The zero-order chi connectivity index (χ0) is 14.3. The molecule has 1 aliphatic rings. The van der Waals surface area contributed by atoms with Gasteiger partial charge in [0.15, 0.2) is 0 Å². The summed E-state index contributed by atoms with van der Waals surface area (Å²) in [5.74, 6) is 0.933. The van der Waals surface area contributed by atoms with Crippen LogP contribution in [0.5, 0.6) is 0 Å². The molecule has 0 aliphatic carbocycles. The van der Waals surface area contributed by atoms with Crippen molar-refractivity contribution in [1.29, 1.82) is 0 Å². The minimum atomic E-state index is -0.0597. The van der Waals surface area contributed by atoms with Gasteiger partial charge in [0, 0.05) is 11.9 Å². The molecule has 0 N–H and O–H groups in total. The summed E-state index contributed by atoms with van der Waals surface area (Å²) in [7, 11) is 0. The lowest BCUT2D eigenvalue weighted by Crippen LogP contribution is -2.30. The van der Waals surface area contributed by atoms with E-state index in [9.17, 15) is 0 Å². The molecule has 20 heavy (non-hydrogen) atoms. The van der Waals surface area contributed by atoms with Crippen molar-refractivity contribution in [3.8, 4) is 0 Å². The summed E-state index contributed by atoms with van der Waals surface area (Å²) in [4.78, 5) is 4.46. The van der Waals surface area contributed by atoms with Crippen molar-refractivity contribution in [1.82, 2.24) is 9.55 Å². The molecule has 2 aromatic rings. The lowest BCUT2D eigenvalue weighted by Gasteiger charge is -2.20. The Kier molecular flexibility index (Phi) is 2.85. The van der Waals surface area contributed by atoms with Gasteiger partial charge in [-0.25, -0.2) is 0 Å². The van der Waals surface area contributed by atoms with Gasteiger partial charge in [-0.1, -0.05) is 48.4 Å². The van der Waals surface area contributed by atoms with Crippen molar-refractivity contribution >= 4 is 17.2 Å². The first-order valence-electron chi connectivity index (χ1n) is 6.85. The smallest absolute Gasteiger partial charge is 0.321 e. The van der Waals surface area contributed by atoms with Crippen molar-refractivity contribution in [2.45, 2.75) is 33.2 Å². The minimum Gasteiger partial charge on any atom is -0.324 e. The fourth-order valence-corrected chi connectivity index (χ4v) is 2.55. The maximum Gasteiger partial charge on any atom is 0.321 e. The van der Waals surface area contributed by atoms with Crippen LogP contribution in [0.25, 0.3) is 5.57 Å². The summed E-state index contributed by atoms with van der Waals surface area (Å²) in [6, 6.07) is 10.3. The van der Waals surface area contributed by atoms with Gasteiger partial charge in [0.25, 0.3) is 0 Å². The fraction of sp³-hybridized carbons (Fsp3) is 0.294. The summed E-state index contributed by atoms with van der Waals surface area (Å²) >= 11 is 0. The van der Waals surface area contributed by atoms with E-state index >= 15 is 0 Å². The van der Waals surface area contributed by atoms with Crippen LogP contribution in [0.3, 0.4) is 0 Å². The van der Waals surface area contributed by atoms with Gasteiger partial charge >= 0.3 is 5.95 Å². The first-order chi connectivity index (χ1) is 9.51. The van der Waals surface area contributed by atoms with Crippen LogP contribution < -0.4 is 0 Å². The Morgan fingerprint density at radius 3 is 2.65 bits per heavy atom. The molecule has 0 spiro atoms. The highest BCUT2D eigenvalue weighted by Gasteiger charge is 2.36. The zero-order valence-electron chi connectivity index (χ0n) is 12.4. The topological polar surface area (TPSA) is 20.8 Å². The Balaban J connectivity index is 2.10. The SMILES string of the molecule is CC(=[C-][N+]1=C(C)C(C)(C)n2ccnc21)c1ccccc1. The molecule has 2 heterocycles. The second-order valence-electron chi connectivity index (χ2n) is 5.68. The number of benzene rings is 1. The monoisotopic (exact) mass is 265 g/mol. The lowest BCUT2D eigenvalue weighted by molar-refractivity contribution is -0.382. The maximum absolute atomic E-state index is 4.46. The molecular formula is C17H19N3. The predicted molar refractivity (Wildman–Crippen MR) is 80.9 cm³/mol. The van der Waals surface area contributed by atoms with Crippen LogP contribution in [0.4, 0.5) is 5.95 Å². The number of aromatic nitrogens is 2. The number of imidazole rings is 1. The molecule has 0 bridgehead atoms. The molecule has 0 atom stereocenters. The first kappa shape index (κ1) is 12.9. The minimum absolute atomic E-state index is 0.0597. The number of fused-ring (bicyclic) bond motifs is 1. The summed E-state index contributed by atoms with van der Waals surface area (Å²) in [6.07, 6.45) is 7.34. The summed E-state index contributed by atoms with van der Waals surface area (Å²) < 4.78 is 4.26. The average Bonchev–Trinajstić information content (AvgIpc) is 2.99. The van der Waals surface area contributed by atoms with Crippen LogP contribution in [0, 0.1) is 6.20 Å². The van der Waals surface area contributed by atoms with Crippen LogP contribution in [-0.2, 0) is 5.54 Å². The number of hydrogen-bond donors (Lipinski definition) is 0. The molecule has 3 nitrogen and oxygen atoms in total. The third kappa shape index (κ3) is 1.82. The van der Waals surface area contributed by atoms with Gasteiger partial charge in [0.2, 0.25) is 0 Å². The molecule has 1 aromatic heterocycles. The second-order valence-corrected chi connectivity index (χ2v) is 5.68. The van der Waals surface area contributed by atoms with Crippen LogP contribution in [0.2, 0.25) is 0 Å². The van der Waals surface area contributed by atoms with Crippen molar-refractivity contribution in [3.63, 3.8) is 0 Å². The van der Waals surface area contributed by atoms with Crippen LogP contribution >= 0.6 is 0 Å². The van der Waals surface area contributed by atoms with E-state index in [1.54, 1.807) is 0 Å². The molecule has 3 heteroatoms. The quantitative estimate of drug-likeness (QED) is 0.600. The molecular weight excluding hydrogens is 246 g/mol. The number of allylic oxidation sites excluding steroid dienone is 1. The van der Waals surface area contributed by atoms with E-state index in [1.807, 2.05) is 30.6 Å². The third-order valence-corrected chi connectivity index (χ3v) is 4.13. The van der Waals surface area contributed by atoms with Gasteiger partial charge in [-0.3, -0.25) is 4.57 Å². The Morgan fingerprint density at radius 2 is 1.95 bits per heavy atom. The van der Waals surface area contributed by atoms with Crippen molar-refractivity contribution in [2.75, 3.05) is 0 Å². The largest absolute Gasteiger partial charge is 0.324 e. The summed E-state index contributed by atoms with van der Waals surface area (Å²) in [5.41, 5.74) is 3.46. The van der Waals surface area contributed by atoms with E-state index in [1.165, 1.54) is 11.3 Å². The highest BCUT2D eigenvalue weighted by Crippen LogP contribution is 2.31. The maximum atomic E-state index is 4.46. The average molecular weight is 265 g/mol. The van der Waals surface area contributed by atoms with Crippen LogP contribution in [0.15, 0.2) is 42.7 Å². The van der Waals surface area contributed by atoms with Gasteiger partial charge in [-0.15, -0.1) is 4.98 Å². The molecule has 102 valence electrons. The van der Waals surface area contributed by atoms with E-state index in [2.05, 4.69) is 60.2 Å². The van der Waals surface area contributed by atoms with E-state index < -0.39 is 0 Å². The molecule has 0 saturated heterocycles. The number of hydrogen-bond acceptors (Lipinski definition) is 1. The Hall–Kier alpha value is -2.16. The number of rotatable bonds is 2. The van der Waals surface area contributed by atoms with Crippen molar-refractivity contribution in [2.24, 2.45) is 0 Å². The summed E-state index contributed by atoms with van der Waals surface area (Å²) in [6.45, 7) is 8.63. The molecule has 0 fully saturated rings. The Morgan fingerprint density at radius 1 is 1.25 bits per heavy atom. The van der Waals surface area contributed by atoms with E-state index in [0.29, 0.717) is 0 Å². The highest BCUT2D eigenvalue weighted by molar-refractivity contribution is 5.87. The molecule has 0 unspecified atom stereocenters. The van der Waals surface area contributed by atoms with Crippen molar-refractivity contribution in [3.05, 3.63) is 54.5 Å². The molecule has 1 aromatic carbocycles. The molecule has 1 aliphatic heterocycles. The van der Waals surface area contributed by atoms with Gasteiger partial charge in [-0.05, 0) is 20.8 Å². The standard InChI is InChI=1S/C17H19N3/c1-13(15-8-6-5-7-9-15)12-19-14(2)17(3,4)20-11-10-18-16(19)20/h5-11H,1-4H3. The third-order valence-electron chi connectivity index (χ3n) is 4.13. The summed E-state index contributed by atoms with van der Waals surface area (Å²) in [5, 5.41) is 0. The van der Waals surface area contributed by atoms with Crippen LogP contribution in [0.1, 0.15) is 33.3 Å². The second kappa shape index (κ2) is 4.44. The highest BCUT2D eigenvalue weighted by atomic mass is 15.3. The Labute approximate surface area is 119 Å². The van der Waals surface area contributed by atoms with E-state index in [4.69, 9.17) is 0 Å². The molecule has 3 rings (SSSR count). The lowest BCUT2D eigenvalue weighted by atomic mass is 10.0. The van der Waals surface area contributed by atoms with Crippen molar-refractivity contribution < 1.29 is 4.58 Å². The van der Waals surface area contributed by atoms with Gasteiger partial charge < -0.3 is 4.58 Å². The number of nitrogens with zero attached hydrogens (tertiary/aromatic N) is 3. The van der Waals surface area contributed by atoms with E-state index in [0.717, 1.165) is 11.5 Å². The first-order valence-corrected chi connectivity index (χ1v) is 6.85. The van der Waals surface area contributed by atoms with E-state index in [-0.39, 0.29) is 5.54 Å². The van der Waals surface area contributed by atoms with Gasteiger partial charge in [0.1, 0.15) is 6.20 Å².